The average molecular weight is 587 g/mol. The number of nitrogens with zero attached hydrogens (tertiary/aromatic N) is 3. The zero-order valence-electron chi connectivity index (χ0n) is 20.3. The minimum atomic E-state index is -4.85. The summed E-state index contributed by atoms with van der Waals surface area (Å²) >= 11 is 12.2. The molecule has 3 saturated heterocycles. The van der Waals surface area contributed by atoms with Crippen molar-refractivity contribution in [3.63, 3.8) is 0 Å². The Labute approximate surface area is 231 Å². The lowest BCUT2D eigenvalue weighted by molar-refractivity contribution is -0.274. The topological polar surface area (TPSA) is 91.4 Å². The number of alkyl halides is 3. The number of halogens is 5. The van der Waals surface area contributed by atoms with Crippen LogP contribution in [-0.4, -0.2) is 72.5 Å². The van der Waals surface area contributed by atoms with Gasteiger partial charge in [-0.15, -0.1) is 13.2 Å². The Morgan fingerprint density at radius 3 is 2.33 bits per heavy atom. The van der Waals surface area contributed by atoms with E-state index in [9.17, 15) is 27.6 Å². The van der Waals surface area contributed by atoms with E-state index in [-0.39, 0.29) is 41.0 Å². The monoisotopic (exact) mass is 586 g/mol. The van der Waals surface area contributed by atoms with Gasteiger partial charge in [-0.05, 0) is 42.3 Å². The predicted molar refractivity (Wildman–Crippen MR) is 134 cm³/mol. The first-order valence-corrected chi connectivity index (χ1v) is 12.8. The molecular formula is C25H23Cl2F3N4O5. The molecule has 2 aromatic rings. The summed E-state index contributed by atoms with van der Waals surface area (Å²) in [4.78, 5) is 43.1. The fourth-order valence-electron chi connectivity index (χ4n) is 5.24. The van der Waals surface area contributed by atoms with Crippen LogP contribution in [0.15, 0.2) is 42.5 Å². The van der Waals surface area contributed by atoms with Gasteiger partial charge in [0.1, 0.15) is 11.3 Å². The number of carbonyl (C=O) groups excluding carboxylic acids is 3. The number of benzene rings is 2. The molecule has 2 aromatic carbocycles. The molecular weight excluding hydrogens is 564 g/mol. The van der Waals surface area contributed by atoms with E-state index in [1.165, 1.54) is 35.2 Å². The molecule has 0 aromatic heterocycles. The molecule has 3 aliphatic heterocycles. The van der Waals surface area contributed by atoms with Gasteiger partial charge in [0.25, 0.3) is 5.91 Å². The molecule has 0 spiro atoms. The smallest absolute Gasteiger partial charge is 0.406 e. The second-order valence-electron chi connectivity index (χ2n) is 9.54. The van der Waals surface area contributed by atoms with E-state index in [0.717, 1.165) is 17.0 Å². The van der Waals surface area contributed by atoms with Gasteiger partial charge in [-0.3, -0.25) is 15.0 Å². The molecule has 3 fully saturated rings. The van der Waals surface area contributed by atoms with E-state index in [4.69, 9.17) is 27.9 Å². The van der Waals surface area contributed by atoms with E-state index < -0.39 is 35.5 Å². The third-order valence-electron chi connectivity index (χ3n) is 6.94. The van der Waals surface area contributed by atoms with Crippen LogP contribution in [0.1, 0.15) is 12.0 Å². The number of morpholine rings is 1. The van der Waals surface area contributed by atoms with Gasteiger partial charge in [0.05, 0.1) is 24.8 Å². The van der Waals surface area contributed by atoms with Gasteiger partial charge in [-0.25, -0.2) is 14.7 Å². The normalized spacial score (nSPS) is 23.8. The Balaban J connectivity index is 1.44. The second kappa shape index (κ2) is 10.5. The Morgan fingerprint density at radius 2 is 1.72 bits per heavy atom. The first-order chi connectivity index (χ1) is 18.4. The maximum atomic E-state index is 14.0. The van der Waals surface area contributed by atoms with Crippen molar-refractivity contribution in [2.45, 2.75) is 24.7 Å². The van der Waals surface area contributed by atoms with Crippen LogP contribution in [0.25, 0.3) is 0 Å². The largest absolute Gasteiger partial charge is 0.573 e. The van der Waals surface area contributed by atoms with Gasteiger partial charge >= 0.3 is 12.4 Å². The van der Waals surface area contributed by atoms with E-state index in [1.807, 2.05) is 0 Å². The van der Waals surface area contributed by atoms with Crippen molar-refractivity contribution in [1.29, 1.82) is 0 Å². The number of carbonyl (C=O) groups is 3. The predicted octanol–water partition coefficient (Wildman–Crippen LogP) is 4.03. The molecule has 0 aliphatic carbocycles. The van der Waals surface area contributed by atoms with Crippen molar-refractivity contribution < 1.29 is 37.0 Å². The molecule has 0 saturated carbocycles. The molecule has 1 N–H and O–H groups in total. The first kappa shape index (κ1) is 27.5. The summed E-state index contributed by atoms with van der Waals surface area (Å²) in [5.74, 6) is -2.03. The van der Waals surface area contributed by atoms with Crippen LogP contribution in [0.2, 0.25) is 10.0 Å². The number of nitrogens with one attached hydrogen (secondary N) is 1. The SMILES string of the molecule is O=C(NN1CCOCC1)[C@H]1CN2C(=O)N(c3cc(Cl)cc(Cl)c3)C(=O)[C@]2(Cc2ccc(OC(F)(F)F)cc2)C1. The maximum Gasteiger partial charge on any atom is 0.573 e. The minimum Gasteiger partial charge on any atom is -0.406 e. The molecule has 0 radical (unpaired) electrons. The van der Waals surface area contributed by atoms with Gasteiger partial charge in [-0.1, -0.05) is 35.3 Å². The Hall–Kier alpha value is -3.06. The first-order valence-electron chi connectivity index (χ1n) is 12.1. The van der Waals surface area contributed by atoms with Crippen molar-refractivity contribution in [2.24, 2.45) is 5.92 Å². The molecule has 3 aliphatic rings. The van der Waals surface area contributed by atoms with E-state index in [0.29, 0.717) is 31.9 Å². The highest BCUT2D eigenvalue weighted by Gasteiger charge is 2.63. The Morgan fingerprint density at radius 1 is 1.08 bits per heavy atom. The quantitative estimate of drug-likeness (QED) is 0.514. The van der Waals surface area contributed by atoms with Crippen molar-refractivity contribution in [2.75, 3.05) is 37.7 Å². The lowest BCUT2D eigenvalue weighted by Gasteiger charge is -2.29. The van der Waals surface area contributed by atoms with Gasteiger partial charge in [0.2, 0.25) is 5.91 Å². The second-order valence-corrected chi connectivity index (χ2v) is 10.4. The van der Waals surface area contributed by atoms with Gasteiger partial charge in [-0.2, -0.15) is 0 Å². The van der Waals surface area contributed by atoms with Crippen LogP contribution in [0, 0.1) is 5.92 Å². The number of ether oxygens (including phenoxy) is 2. The van der Waals surface area contributed by atoms with E-state index >= 15 is 0 Å². The Kier molecular flexibility index (Phi) is 7.40. The number of anilines is 1. The standard InChI is InChI=1S/C25H23Cl2F3N4O5/c26-17-9-18(27)11-19(10-17)34-22(36)24(12-15-1-3-20(4-2-15)39-25(28,29)30)13-16(14-33(24)23(34)37)21(35)31-32-5-7-38-8-6-32/h1-4,9-11,16H,5-8,12-14H2,(H,31,35)/t16-,24+/m1/s1. The number of fused-ring (bicyclic) bond motifs is 1. The lowest BCUT2D eigenvalue weighted by Crippen LogP contribution is -2.51. The summed E-state index contributed by atoms with van der Waals surface area (Å²) in [6.45, 7) is 1.90. The fourth-order valence-corrected chi connectivity index (χ4v) is 5.76. The van der Waals surface area contributed by atoms with Crippen LogP contribution in [0.4, 0.5) is 23.7 Å². The fraction of sp³-hybridized carbons (Fsp3) is 0.400. The number of hydrazine groups is 1. The van der Waals surface area contributed by atoms with Crippen LogP contribution in [0.5, 0.6) is 5.75 Å². The van der Waals surface area contributed by atoms with Crippen LogP contribution in [-0.2, 0) is 20.7 Å². The molecule has 208 valence electrons. The van der Waals surface area contributed by atoms with E-state index in [1.54, 1.807) is 5.01 Å². The van der Waals surface area contributed by atoms with Crippen LogP contribution >= 0.6 is 23.2 Å². The molecule has 4 amide bonds. The molecule has 39 heavy (non-hydrogen) atoms. The van der Waals surface area contributed by atoms with Crippen molar-refractivity contribution >= 4 is 46.7 Å². The highest BCUT2D eigenvalue weighted by atomic mass is 35.5. The maximum absolute atomic E-state index is 14.0. The zero-order valence-corrected chi connectivity index (χ0v) is 21.9. The zero-order chi connectivity index (χ0) is 27.9. The van der Waals surface area contributed by atoms with Gasteiger partial charge in [0, 0.05) is 36.1 Å². The number of imide groups is 1. The molecule has 0 unspecified atom stereocenters. The van der Waals surface area contributed by atoms with Gasteiger partial charge < -0.3 is 14.4 Å². The van der Waals surface area contributed by atoms with Crippen molar-refractivity contribution in [1.82, 2.24) is 15.3 Å². The Bertz CT molecular complexity index is 1270. The minimum absolute atomic E-state index is 0.0132. The summed E-state index contributed by atoms with van der Waals surface area (Å²) < 4.78 is 47.0. The third kappa shape index (κ3) is 5.65. The molecule has 0 bridgehead atoms. The van der Waals surface area contributed by atoms with Crippen molar-refractivity contribution in [3.05, 3.63) is 58.1 Å². The third-order valence-corrected chi connectivity index (χ3v) is 7.37. The highest BCUT2D eigenvalue weighted by Crippen LogP contribution is 2.45. The number of hydrogen-bond donors (Lipinski definition) is 1. The number of amides is 4. The summed E-state index contributed by atoms with van der Waals surface area (Å²) in [7, 11) is 0. The summed E-state index contributed by atoms with van der Waals surface area (Å²) in [6, 6.07) is 8.75. The lowest BCUT2D eigenvalue weighted by atomic mass is 9.85. The van der Waals surface area contributed by atoms with E-state index in [2.05, 4.69) is 10.2 Å². The molecule has 3 heterocycles. The van der Waals surface area contributed by atoms with Crippen LogP contribution < -0.4 is 15.1 Å². The number of hydrogen-bond acceptors (Lipinski definition) is 6. The number of urea groups is 1. The molecule has 5 rings (SSSR count). The molecule has 14 heteroatoms. The molecule has 2 atom stereocenters. The molecule has 9 nitrogen and oxygen atoms in total. The summed E-state index contributed by atoms with van der Waals surface area (Å²) in [6.07, 6.45) is -4.87. The van der Waals surface area contributed by atoms with Crippen molar-refractivity contribution in [3.8, 4) is 5.75 Å². The summed E-state index contributed by atoms with van der Waals surface area (Å²) in [5.41, 5.74) is 2.05. The number of rotatable bonds is 6. The summed E-state index contributed by atoms with van der Waals surface area (Å²) in [5, 5.41) is 2.18. The van der Waals surface area contributed by atoms with Gasteiger partial charge in [0.15, 0.2) is 0 Å². The average Bonchev–Trinajstić information content (AvgIpc) is 3.33. The van der Waals surface area contributed by atoms with Crippen LogP contribution in [0.3, 0.4) is 0 Å². The highest BCUT2D eigenvalue weighted by molar-refractivity contribution is 6.35.